The van der Waals surface area contributed by atoms with Gasteiger partial charge in [0.25, 0.3) is 5.91 Å². The lowest BCUT2D eigenvalue weighted by atomic mass is 10.1. The van der Waals surface area contributed by atoms with Crippen LogP contribution in [0.5, 0.6) is 0 Å². The molecule has 1 aromatic heterocycles. The van der Waals surface area contributed by atoms with Crippen LogP contribution >= 0.6 is 0 Å². The number of nitrogens with zero attached hydrogens (tertiary/aromatic N) is 2. The molecule has 29 heavy (non-hydrogen) atoms. The SMILES string of the molecule is O=C1NCC(NCc2ccccc2C(F)(F)F)n2nc(-c3ccc(F)cc3)cc21. The second-order valence-electron chi connectivity index (χ2n) is 6.63. The molecule has 0 saturated heterocycles. The van der Waals surface area contributed by atoms with Crippen LogP contribution in [0.2, 0.25) is 0 Å². The number of hydrogen-bond donors (Lipinski definition) is 2. The van der Waals surface area contributed by atoms with Crippen molar-refractivity contribution >= 4 is 5.91 Å². The first-order valence-corrected chi connectivity index (χ1v) is 8.85. The summed E-state index contributed by atoms with van der Waals surface area (Å²) < 4.78 is 54.2. The van der Waals surface area contributed by atoms with Crippen molar-refractivity contribution in [3.05, 3.63) is 77.2 Å². The normalized spacial score (nSPS) is 16.4. The molecule has 1 unspecified atom stereocenters. The molecule has 9 heteroatoms. The zero-order valence-electron chi connectivity index (χ0n) is 15.0. The Bertz CT molecular complexity index is 1040. The summed E-state index contributed by atoms with van der Waals surface area (Å²) in [5.41, 5.74) is 0.767. The fraction of sp³-hybridized carbons (Fsp3) is 0.200. The average Bonchev–Trinajstić information content (AvgIpc) is 3.14. The Morgan fingerprint density at radius 2 is 1.86 bits per heavy atom. The summed E-state index contributed by atoms with van der Waals surface area (Å²) in [4.78, 5) is 12.2. The minimum atomic E-state index is -4.45. The highest BCUT2D eigenvalue weighted by atomic mass is 19.4. The highest BCUT2D eigenvalue weighted by Crippen LogP contribution is 2.32. The molecule has 0 radical (unpaired) electrons. The molecule has 0 fully saturated rings. The Labute approximate surface area is 163 Å². The lowest BCUT2D eigenvalue weighted by Gasteiger charge is -2.26. The highest BCUT2D eigenvalue weighted by Gasteiger charge is 2.33. The van der Waals surface area contributed by atoms with Gasteiger partial charge in [0.15, 0.2) is 0 Å². The molecule has 4 rings (SSSR count). The Kier molecular flexibility index (Phi) is 4.83. The molecule has 1 aliphatic heterocycles. The van der Waals surface area contributed by atoms with E-state index < -0.39 is 23.7 Å². The van der Waals surface area contributed by atoms with E-state index in [1.165, 1.54) is 28.9 Å². The zero-order valence-corrected chi connectivity index (χ0v) is 15.0. The average molecular weight is 404 g/mol. The fourth-order valence-corrected chi connectivity index (χ4v) is 3.27. The standard InChI is InChI=1S/C20H16F4N4O/c21-14-7-5-12(6-8-14)16-9-17-19(29)26-11-18(28(17)27-16)25-10-13-3-1-2-4-15(13)20(22,23)24/h1-9,18,25H,10-11H2,(H,26,29). The maximum absolute atomic E-state index is 13.2. The fourth-order valence-electron chi connectivity index (χ4n) is 3.27. The minimum Gasteiger partial charge on any atom is -0.347 e. The first-order chi connectivity index (χ1) is 13.8. The van der Waals surface area contributed by atoms with Gasteiger partial charge in [0.2, 0.25) is 0 Å². The van der Waals surface area contributed by atoms with E-state index in [2.05, 4.69) is 15.7 Å². The van der Waals surface area contributed by atoms with Crippen LogP contribution in [0.1, 0.15) is 27.8 Å². The van der Waals surface area contributed by atoms with Crippen LogP contribution in [0.15, 0.2) is 54.6 Å². The van der Waals surface area contributed by atoms with Gasteiger partial charge in [0.05, 0.1) is 17.8 Å². The van der Waals surface area contributed by atoms with Crippen LogP contribution in [-0.4, -0.2) is 22.2 Å². The third-order valence-corrected chi connectivity index (χ3v) is 4.71. The van der Waals surface area contributed by atoms with Gasteiger partial charge in [0, 0.05) is 12.1 Å². The number of hydrogen-bond acceptors (Lipinski definition) is 3. The molecule has 0 saturated carbocycles. The number of fused-ring (bicyclic) bond motifs is 1. The lowest BCUT2D eigenvalue weighted by Crippen LogP contribution is -2.45. The summed E-state index contributed by atoms with van der Waals surface area (Å²) in [6.45, 7) is 0.117. The number of amides is 1. The van der Waals surface area contributed by atoms with Crippen LogP contribution in [0.25, 0.3) is 11.3 Å². The molecule has 5 nitrogen and oxygen atoms in total. The molecule has 1 atom stereocenters. The molecule has 1 amide bonds. The van der Waals surface area contributed by atoms with Crippen LogP contribution in [-0.2, 0) is 12.7 Å². The van der Waals surface area contributed by atoms with E-state index in [4.69, 9.17) is 0 Å². The van der Waals surface area contributed by atoms with Gasteiger partial charge >= 0.3 is 6.18 Å². The van der Waals surface area contributed by atoms with E-state index in [9.17, 15) is 22.4 Å². The van der Waals surface area contributed by atoms with E-state index in [0.717, 1.165) is 6.07 Å². The van der Waals surface area contributed by atoms with Gasteiger partial charge in [-0.25, -0.2) is 9.07 Å². The summed E-state index contributed by atoms with van der Waals surface area (Å²) in [6.07, 6.45) is -4.98. The molecule has 150 valence electrons. The van der Waals surface area contributed by atoms with Gasteiger partial charge in [-0.3, -0.25) is 10.1 Å². The molecule has 2 N–H and O–H groups in total. The molecule has 0 bridgehead atoms. The summed E-state index contributed by atoms with van der Waals surface area (Å²) in [7, 11) is 0. The van der Waals surface area contributed by atoms with Crippen LogP contribution < -0.4 is 10.6 Å². The number of nitrogens with one attached hydrogen (secondary N) is 2. The Hall–Kier alpha value is -3.20. The lowest BCUT2D eigenvalue weighted by molar-refractivity contribution is -0.138. The van der Waals surface area contributed by atoms with Crippen molar-refractivity contribution in [3.63, 3.8) is 0 Å². The van der Waals surface area contributed by atoms with Crippen molar-refractivity contribution in [2.45, 2.75) is 18.9 Å². The van der Waals surface area contributed by atoms with Gasteiger partial charge < -0.3 is 5.32 Å². The number of halogens is 4. The van der Waals surface area contributed by atoms with E-state index >= 15 is 0 Å². The molecule has 3 aromatic rings. The van der Waals surface area contributed by atoms with Gasteiger partial charge in [0.1, 0.15) is 17.7 Å². The maximum atomic E-state index is 13.2. The van der Waals surface area contributed by atoms with Crippen molar-refractivity contribution in [2.24, 2.45) is 0 Å². The van der Waals surface area contributed by atoms with Gasteiger partial charge in [-0.2, -0.15) is 18.3 Å². The van der Waals surface area contributed by atoms with E-state index in [-0.39, 0.29) is 30.3 Å². The number of carbonyl (C=O) groups is 1. The van der Waals surface area contributed by atoms with Gasteiger partial charge in [-0.05, 0) is 42.0 Å². The van der Waals surface area contributed by atoms with Crippen molar-refractivity contribution < 1.29 is 22.4 Å². The van der Waals surface area contributed by atoms with Crippen LogP contribution in [0, 0.1) is 5.82 Å². The Morgan fingerprint density at radius 3 is 2.59 bits per heavy atom. The number of alkyl halides is 3. The molecule has 2 aromatic carbocycles. The number of benzene rings is 2. The minimum absolute atomic E-state index is 0.0542. The summed E-state index contributed by atoms with van der Waals surface area (Å²) >= 11 is 0. The van der Waals surface area contributed by atoms with Gasteiger partial charge in [-0.1, -0.05) is 18.2 Å². The first-order valence-electron chi connectivity index (χ1n) is 8.85. The first kappa shape index (κ1) is 19.1. The summed E-state index contributed by atoms with van der Waals surface area (Å²) in [5.74, 6) is -0.724. The molecule has 1 aliphatic rings. The molecular formula is C20H16F4N4O. The molecule has 0 spiro atoms. The quantitative estimate of drug-likeness (QED) is 0.652. The number of carbonyl (C=O) groups excluding carboxylic acids is 1. The molecular weight excluding hydrogens is 388 g/mol. The van der Waals surface area contributed by atoms with Crippen molar-refractivity contribution in [1.82, 2.24) is 20.4 Å². The number of rotatable bonds is 4. The summed E-state index contributed by atoms with van der Waals surface area (Å²) in [5, 5.41) is 10.1. The summed E-state index contributed by atoms with van der Waals surface area (Å²) in [6, 6.07) is 12.6. The second kappa shape index (κ2) is 7.32. The van der Waals surface area contributed by atoms with Crippen LogP contribution in [0.3, 0.4) is 0 Å². The van der Waals surface area contributed by atoms with E-state index in [1.807, 2.05) is 0 Å². The van der Waals surface area contributed by atoms with Crippen molar-refractivity contribution in [2.75, 3.05) is 6.54 Å². The van der Waals surface area contributed by atoms with Crippen molar-refractivity contribution in [3.8, 4) is 11.3 Å². The Morgan fingerprint density at radius 1 is 1.14 bits per heavy atom. The molecule has 0 aliphatic carbocycles. The highest BCUT2D eigenvalue weighted by molar-refractivity contribution is 5.94. The van der Waals surface area contributed by atoms with E-state index in [1.54, 1.807) is 24.3 Å². The van der Waals surface area contributed by atoms with Crippen LogP contribution in [0.4, 0.5) is 17.6 Å². The zero-order chi connectivity index (χ0) is 20.6. The molecule has 2 heterocycles. The Balaban J connectivity index is 1.59. The predicted octanol–water partition coefficient (Wildman–Crippen LogP) is 3.74. The second-order valence-corrected chi connectivity index (χ2v) is 6.63. The number of aromatic nitrogens is 2. The predicted molar refractivity (Wildman–Crippen MR) is 97.3 cm³/mol. The maximum Gasteiger partial charge on any atom is 0.416 e. The monoisotopic (exact) mass is 404 g/mol. The third-order valence-electron chi connectivity index (χ3n) is 4.71. The topological polar surface area (TPSA) is 59.0 Å². The van der Waals surface area contributed by atoms with Gasteiger partial charge in [-0.15, -0.1) is 0 Å². The largest absolute Gasteiger partial charge is 0.416 e. The third kappa shape index (κ3) is 3.86. The van der Waals surface area contributed by atoms with Crippen molar-refractivity contribution in [1.29, 1.82) is 0 Å². The smallest absolute Gasteiger partial charge is 0.347 e. The van der Waals surface area contributed by atoms with E-state index in [0.29, 0.717) is 11.3 Å².